The quantitative estimate of drug-likeness (QED) is 0.868. The van der Waals surface area contributed by atoms with Gasteiger partial charge in [-0.05, 0) is 11.1 Å². The van der Waals surface area contributed by atoms with E-state index in [-0.39, 0.29) is 0 Å². The van der Waals surface area contributed by atoms with E-state index in [1.54, 1.807) is 10.9 Å². The summed E-state index contributed by atoms with van der Waals surface area (Å²) >= 11 is 0. The van der Waals surface area contributed by atoms with Crippen molar-refractivity contribution < 1.29 is 4.79 Å². The molecule has 5 heteroatoms. The summed E-state index contributed by atoms with van der Waals surface area (Å²) in [5, 5.41) is 12.8. The molecule has 0 unspecified atom stereocenters. The summed E-state index contributed by atoms with van der Waals surface area (Å²) in [6, 6.07) is 9.79. The normalized spacial score (nSPS) is 9.94. The minimum Gasteiger partial charge on any atom is -0.366 e. The first kappa shape index (κ1) is 11.9. The molecular formula is C13H12N4O. The van der Waals surface area contributed by atoms with Crippen LogP contribution in [0.15, 0.2) is 36.7 Å². The molecule has 1 heterocycles. The highest BCUT2D eigenvalue weighted by atomic mass is 16.1. The third-order valence-corrected chi connectivity index (χ3v) is 2.64. The van der Waals surface area contributed by atoms with Crippen molar-refractivity contribution in [2.75, 3.05) is 0 Å². The third kappa shape index (κ3) is 2.55. The Morgan fingerprint density at radius 3 is 2.72 bits per heavy atom. The van der Waals surface area contributed by atoms with Crippen molar-refractivity contribution in [2.24, 2.45) is 5.73 Å². The van der Waals surface area contributed by atoms with Crippen molar-refractivity contribution in [1.82, 2.24) is 9.78 Å². The van der Waals surface area contributed by atoms with Crippen LogP contribution in [0.4, 0.5) is 0 Å². The van der Waals surface area contributed by atoms with Gasteiger partial charge in [0.25, 0.3) is 5.91 Å². The van der Waals surface area contributed by atoms with E-state index in [0.717, 1.165) is 11.1 Å². The Morgan fingerprint density at radius 1 is 1.39 bits per heavy atom. The van der Waals surface area contributed by atoms with Crippen LogP contribution in [0.25, 0.3) is 0 Å². The van der Waals surface area contributed by atoms with Crippen LogP contribution in [0.3, 0.4) is 0 Å². The molecule has 0 fully saturated rings. The molecule has 0 saturated heterocycles. The number of hydrogen-bond donors (Lipinski definition) is 1. The minimum atomic E-state index is -0.494. The number of primary amides is 1. The smallest absolute Gasteiger partial charge is 0.251 e. The van der Waals surface area contributed by atoms with Crippen molar-refractivity contribution in [3.63, 3.8) is 0 Å². The number of carbonyl (C=O) groups is 1. The molecule has 0 spiro atoms. The van der Waals surface area contributed by atoms with E-state index in [4.69, 9.17) is 11.0 Å². The molecule has 2 rings (SSSR count). The molecule has 1 aromatic carbocycles. The van der Waals surface area contributed by atoms with Crippen molar-refractivity contribution >= 4 is 5.91 Å². The first-order valence-electron chi connectivity index (χ1n) is 5.46. The summed E-state index contributed by atoms with van der Waals surface area (Å²) in [7, 11) is 0. The van der Waals surface area contributed by atoms with Crippen LogP contribution < -0.4 is 5.73 Å². The first-order chi connectivity index (χ1) is 8.70. The van der Waals surface area contributed by atoms with Crippen LogP contribution in [0.5, 0.6) is 0 Å². The fraction of sp³-hybridized carbons (Fsp3) is 0.154. The van der Waals surface area contributed by atoms with Gasteiger partial charge in [0.15, 0.2) is 0 Å². The number of benzene rings is 1. The zero-order valence-electron chi connectivity index (χ0n) is 9.71. The maximum atomic E-state index is 11.0. The standard InChI is InChI=1S/C13H12N4O/c14-6-5-10-3-1-2-4-11(10)8-17-9-12(7-16-17)13(15)18/h1-4,7,9H,5,8H2,(H2,15,18). The number of nitrogens with zero attached hydrogens (tertiary/aromatic N) is 3. The van der Waals surface area contributed by atoms with Crippen LogP contribution in [0, 0.1) is 11.3 Å². The Bertz CT molecular complexity index is 609. The third-order valence-electron chi connectivity index (χ3n) is 2.64. The highest BCUT2D eigenvalue weighted by Crippen LogP contribution is 2.11. The second kappa shape index (κ2) is 5.15. The van der Waals surface area contributed by atoms with Gasteiger partial charge in [-0.3, -0.25) is 9.48 Å². The highest BCUT2D eigenvalue weighted by Gasteiger charge is 2.06. The van der Waals surface area contributed by atoms with Crippen LogP contribution in [0.1, 0.15) is 21.5 Å². The average molecular weight is 240 g/mol. The Hall–Kier alpha value is -2.61. The summed E-state index contributed by atoms with van der Waals surface area (Å²) in [4.78, 5) is 11.0. The topological polar surface area (TPSA) is 84.7 Å². The molecule has 0 atom stereocenters. The van der Waals surface area contributed by atoms with Crippen LogP contribution in [0.2, 0.25) is 0 Å². The van der Waals surface area contributed by atoms with Crippen molar-refractivity contribution in [3.05, 3.63) is 53.3 Å². The Kier molecular flexibility index (Phi) is 3.39. The van der Waals surface area contributed by atoms with Crippen LogP contribution in [-0.4, -0.2) is 15.7 Å². The predicted octanol–water partition coefficient (Wildman–Crippen LogP) is 1.10. The van der Waals surface area contributed by atoms with Gasteiger partial charge in [0.2, 0.25) is 0 Å². The Balaban J connectivity index is 2.23. The van der Waals surface area contributed by atoms with Crippen LogP contribution >= 0.6 is 0 Å². The van der Waals surface area contributed by atoms with Gasteiger partial charge in [-0.15, -0.1) is 0 Å². The zero-order chi connectivity index (χ0) is 13.0. The number of nitrogens with two attached hydrogens (primary N) is 1. The average Bonchev–Trinajstić information content (AvgIpc) is 2.81. The lowest BCUT2D eigenvalue weighted by Crippen LogP contribution is -2.09. The first-order valence-corrected chi connectivity index (χ1v) is 5.46. The molecule has 5 nitrogen and oxygen atoms in total. The van der Waals surface area contributed by atoms with E-state index in [2.05, 4.69) is 11.2 Å². The van der Waals surface area contributed by atoms with E-state index in [1.807, 2.05) is 24.3 Å². The number of aromatic nitrogens is 2. The number of rotatable bonds is 4. The lowest BCUT2D eigenvalue weighted by molar-refractivity contribution is 0.1000. The van der Waals surface area contributed by atoms with Gasteiger partial charge < -0.3 is 5.73 Å². The molecule has 0 saturated carbocycles. The molecule has 2 N–H and O–H groups in total. The molecular weight excluding hydrogens is 228 g/mol. The maximum Gasteiger partial charge on any atom is 0.251 e. The van der Waals surface area contributed by atoms with Gasteiger partial charge in [0.05, 0.1) is 30.8 Å². The lowest BCUT2D eigenvalue weighted by atomic mass is 10.1. The molecule has 0 bridgehead atoms. The molecule has 0 aliphatic carbocycles. The van der Waals surface area contributed by atoms with E-state index >= 15 is 0 Å². The Morgan fingerprint density at radius 2 is 2.11 bits per heavy atom. The largest absolute Gasteiger partial charge is 0.366 e. The highest BCUT2D eigenvalue weighted by molar-refractivity contribution is 5.92. The number of amides is 1. The molecule has 18 heavy (non-hydrogen) atoms. The minimum absolute atomic E-state index is 0.361. The zero-order valence-corrected chi connectivity index (χ0v) is 9.71. The molecule has 1 aromatic heterocycles. The van der Waals surface area contributed by atoms with E-state index < -0.39 is 5.91 Å². The predicted molar refractivity (Wildman–Crippen MR) is 65.6 cm³/mol. The second-order valence-corrected chi connectivity index (χ2v) is 3.89. The van der Waals surface area contributed by atoms with Crippen LogP contribution in [-0.2, 0) is 13.0 Å². The summed E-state index contributed by atoms with van der Waals surface area (Å²) < 4.78 is 1.64. The van der Waals surface area contributed by atoms with Gasteiger partial charge in [-0.25, -0.2) is 0 Å². The fourth-order valence-corrected chi connectivity index (χ4v) is 1.72. The molecule has 1 amide bonds. The van der Waals surface area contributed by atoms with Gasteiger partial charge >= 0.3 is 0 Å². The summed E-state index contributed by atoms with van der Waals surface area (Å²) in [5.74, 6) is -0.494. The number of carbonyl (C=O) groups excluding carboxylic acids is 1. The maximum absolute atomic E-state index is 11.0. The second-order valence-electron chi connectivity index (χ2n) is 3.89. The fourth-order valence-electron chi connectivity index (χ4n) is 1.72. The molecule has 90 valence electrons. The summed E-state index contributed by atoms with van der Waals surface area (Å²) in [6.07, 6.45) is 3.40. The summed E-state index contributed by atoms with van der Waals surface area (Å²) in [6.45, 7) is 0.519. The van der Waals surface area contributed by atoms with Crippen molar-refractivity contribution in [3.8, 4) is 6.07 Å². The van der Waals surface area contributed by atoms with Gasteiger partial charge in [-0.2, -0.15) is 10.4 Å². The van der Waals surface area contributed by atoms with Gasteiger partial charge in [-0.1, -0.05) is 24.3 Å². The van der Waals surface area contributed by atoms with Gasteiger partial charge in [0.1, 0.15) is 0 Å². The molecule has 0 radical (unpaired) electrons. The molecule has 0 aliphatic heterocycles. The van der Waals surface area contributed by atoms with Crippen molar-refractivity contribution in [1.29, 1.82) is 5.26 Å². The monoisotopic (exact) mass is 240 g/mol. The van der Waals surface area contributed by atoms with E-state index in [9.17, 15) is 4.79 Å². The summed E-state index contributed by atoms with van der Waals surface area (Å²) in [5.41, 5.74) is 7.53. The molecule has 2 aromatic rings. The SMILES string of the molecule is N#CCc1ccccc1Cn1cc(C(N)=O)cn1. The van der Waals surface area contributed by atoms with Crippen molar-refractivity contribution in [2.45, 2.75) is 13.0 Å². The number of nitriles is 1. The van der Waals surface area contributed by atoms with E-state index in [1.165, 1.54) is 6.20 Å². The van der Waals surface area contributed by atoms with Gasteiger partial charge in [0, 0.05) is 6.20 Å². The lowest BCUT2D eigenvalue weighted by Gasteiger charge is -2.06. The number of hydrogen-bond acceptors (Lipinski definition) is 3. The Labute approximate surface area is 104 Å². The van der Waals surface area contributed by atoms with E-state index in [0.29, 0.717) is 18.5 Å². The molecule has 0 aliphatic rings.